The van der Waals surface area contributed by atoms with Crippen molar-refractivity contribution in [2.45, 2.75) is 47.1 Å². The molecule has 0 aliphatic heterocycles. The summed E-state index contributed by atoms with van der Waals surface area (Å²) in [6.45, 7) is 11.7. The van der Waals surface area contributed by atoms with E-state index in [0.717, 1.165) is 23.2 Å². The van der Waals surface area contributed by atoms with Gasteiger partial charge in [0.05, 0.1) is 18.4 Å². The van der Waals surface area contributed by atoms with Gasteiger partial charge in [0, 0.05) is 61.3 Å². The first kappa shape index (κ1) is 31.6. The third kappa shape index (κ3) is 7.35. The van der Waals surface area contributed by atoms with Gasteiger partial charge in [0.1, 0.15) is 5.75 Å². The first-order chi connectivity index (χ1) is 20.4. The minimum atomic E-state index is -0.284. The maximum Gasteiger partial charge on any atom is 0.293 e. The SMILES string of the molecule is COc1cc(Nc2nc(-c3cccc(NC(C)C4C=CC(C(C)(C)C)=CC4)c3C)cn(C)c2=O)ccc1C(=O)NCCN. The molecule has 1 aromatic heterocycles. The molecule has 1 aliphatic carbocycles. The molecule has 0 saturated carbocycles. The van der Waals surface area contributed by atoms with Crippen molar-refractivity contribution in [3.8, 4) is 17.0 Å². The van der Waals surface area contributed by atoms with Crippen LogP contribution in [0.25, 0.3) is 11.3 Å². The molecule has 2 unspecified atom stereocenters. The van der Waals surface area contributed by atoms with Crippen LogP contribution in [0, 0.1) is 18.3 Å². The van der Waals surface area contributed by atoms with Gasteiger partial charge in [0.25, 0.3) is 11.5 Å². The van der Waals surface area contributed by atoms with Crippen LogP contribution < -0.4 is 32.0 Å². The molecule has 1 aliphatic rings. The number of nitrogens with zero attached hydrogens (tertiary/aromatic N) is 2. The number of benzene rings is 2. The molecule has 4 rings (SSSR count). The highest BCUT2D eigenvalue weighted by Crippen LogP contribution is 2.34. The van der Waals surface area contributed by atoms with E-state index < -0.39 is 0 Å². The molecule has 43 heavy (non-hydrogen) atoms. The smallest absolute Gasteiger partial charge is 0.293 e. The van der Waals surface area contributed by atoms with Gasteiger partial charge >= 0.3 is 0 Å². The number of anilines is 3. The van der Waals surface area contributed by atoms with Crippen LogP contribution in [0.3, 0.4) is 0 Å². The monoisotopic (exact) mass is 584 g/mol. The highest BCUT2D eigenvalue weighted by atomic mass is 16.5. The Morgan fingerprint density at radius 2 is 2.00 bits per heavy atom. The molecule has 2 aromatic carbocycles. The van der Waals surface area contributed by atoms with Crippen LogP contribution in [0.2, 0.25) is 0 Å². The number of aryl methyl sites for hydroxylation is 1. The fourth-order valence-electron chi connectivity index (χ4n) is 5.18. The number of nitrogens with two attached hydrogens (primary N) is 1. The molecule has 9 heteroatoms. The number of hydrogen-bond acceptors (Lipinski definition) is 7. The Hall–Kier alpha value is -4.37. The summed E-state index contributed by atoms with van der Waals surface area (Å²) in [4.78, 5) is 30.3. The molecule has 2 atom stereocenters. The zero-order valence-corrected chi connectivity index (χ0v) is 26.2. The molecule has 5 N–H and O–H groups in total. The number of nitrogens with one attached hydrogen (secondary N) is 3. The summed E-state index contributed by atoms with van der Waals surface area (Å²) in [5.74, 6) is 0.640. The molecule has 0 saturated heterocycles. The molecule has 3 aromatic rings. The molecular weight excluding hydrogens is 540 g/mol. The molecule has 0 radical (unpaired) electrons. The number of carbonyl (C=O) groups is 1. The number of rotatable bonds is 10. The normalized spacial score (nSPS) is 15.4. The van der Waals surface area contributed by atoms with Gasteiger partial charge in [-0.2, -0.15) is 0 Å². The van der Waals surface area contributed by atoms with Crippen LogP contribution in [0.15, 0.2) is 71.2 Å². The fourth-order valence-corrected chi connectivity index (χ4v) is 5.18. The molecule has 228 valence electrons. The average molecular weight is 585 g/mol. The van der Waals surface area contributed by atoms with E-state index >= 15 is 0 Å². The number of hydrogen-bond donors (Lipinski definition) is 4. The van der Waals surface area contributed by atoms with Crippen LogP contribution in [0.5, 0.6) is 5.75 Å². The topological polar surface area (TPSA) is 123 Å². The summed E-state index contributed by atoms with van der Waals surface area (Å²) < 4.78 is 6.96. The number of amides is 1. The first-order valence-electron chi connectivity index (χ1n) is 14.7. The van der Waals surface area contributed by atoms with Crippen molar-refractivity contribution in [2.24, 2.45) is 24.1 Å². The van der Waals surface area contributed by atoms with Crippen LogP contribution in [-0.4, -0.2) is 41.7 Å². The summed E-state index contributed by atoms with van der Waals surface area (Å²) >= 11 is 0. The zero-order chi connectivity index (χ0) is 31.3. The van der Waals surface area contributed by atoms with Gasteiger partial charge < -0.3 is 31.0 Å². The Kier molecular flexibility index (Phi) is 9.76. The van der Waals surface area contributed by atoms with Crippen molar-refractivity contribution in [3.63, 3.8) is 0 Å². The van der Waals surface area contributed by atoms with Crippen molar-refractivity contribution in [1.82, 2.24) is 14.9 Å². The van der Waals surface area contributed by atoms with Gasteiger partial charge in [0.2, 0.25) is 0 Å². The number of aromatic nitrogens is 2. The van der Waals surface area contributed by atoms with Gasteiger partial charge in [-0.15, -0.1) is 0 Å². The molecule has 1 amide bonds. The molecule has 0 bridgehead atoms. The second-order valence-electron chi connectivity index (χ2n) is 12.1. The lowest BCUT2D eigenvalue weighted by atomic mass is 9.80. The Bertz CT molecular complexity index is 1600. The number of allylic oxidation sites excluding steroid dienone is 3. The highest BCUT2D eigenvalue weighted by molar-refractivity contribution is 5.97. The highest BCUT2D eigenvalue weighted by Gasteiger charge is 2.22. The lowest BCUT2D eigenvalue weighted by Gasteiger charge is -2.29. The van der Waals surface area contributed by atoms with Gasteiger partial charge in [-0.1, -0.05) is 51.1 Å². The molecule has 1 heterocycles. The van der Waals surface area contributed by atoms with Crippen molar-refractivity contribution in [1.29, 1.82) is 0 Å². The van der Waals surface area contributed by atoms with E-state index in [1.165, 1.54) is 17.3 Å². The van der Waals surface area contributed by atoms with Gasteiger partial charge in [-0.05, 0) is 55.0 Å². The number of ether oxygens (including phenoxy) is 1. The maximum absolute atomic E-state index is 13.1. The van der Waals surface area contributed by atoms with E-state index in [0.29, 0.717) is 41.7 Å². The third-order valence-electron chi connectivity index (χ3n) is 7.84. The Morgan fingerprint density at radius 1 is 1.23 bits per heavy atom. The Balaban J connectivity index is 1.57. The Labute approximate surface area is 254 Å². The van der Waals surface area contributed by atoms with Crippen LogP contribution in [-0.2, 0) is 7.05 Å². The second-order valence-corrected chi connectivity index (χ2v) is 12.1. The molecule has 0 spiro atoms. The van der Waals surface area contributed by atoms with E-state index in [2.05, 4.69) is 74.9 Å². The molecule has 9 nitrogen and oxygen atoms in total. The standard InChI is InChI=1S/C34H44N6O3/c1-21-26(9-8-10-28(21)37-22(2)23-11-13-24(14-12-23)34(3,4)5)29-20-40(6)33(42)31(39-29)38-25-15-16-27(30(19-25)43-7)32(41)36-18-17-35/h8-11,13-16,19-20,22-23,37H,12,17-18,35H2,1-7H3,(H,36,41)(H,38,39). The minimum absolute atomic E-state index is 0.149. The molecule has 0 fully saturated rings. The van der Waals surface area contributed by atoms with Crippen molar-refractivity contribution in [3.05, 3.63) is 87.9 Å². The van der Waals surface area contributed by atoms with Crippen LogP contribution in [0.1, 0.15) is 50.0 Å². The molecular formula is C34H44N6O3. The van der Waals surface area contributed by atoms with Gasteiger partial charge in [-0.25, -0.2) is 4.98 Å². The number of carbonyl (C=O) groups excluding carboxylic acids is 1. The lowest BCUT2D eigenvalue weighted by molar-refractivity contribution is 0.0951. The zero-order valence-electron chi connectivity index (χ0n) is 26.2. The van der Waals surface area contributed by atoms with E-state index in [1.807, 2.05) is 12.1 Å². The van der Waals surface area contributed by atoms with Crippen molar-refractivity contribution >= 4 is 23.1 Å². The van der Waals surface area contributed by atoms with E-state index in [-0.39, 0.29) is 28.7 Å². The second kappa shape index (κ2) is 13.3. The quantitative estimate of drug-likeness (QED) is 0.247. The first-order valence-corrected chi connectivity index (χ1v) is 14.7. The predicted molar refractivity (Wildman–Crippen MR) is 175 cm³/mol. The largest absolute Gasteiger partial charge is 0.496 e. The summed E-state index contributed by atoms with van der Waals surface area (Å²) in [5.41, 5.74) is 11.4. The van der Waals surface area contributed by atoms with E-state index in [1.54, 1.807) is 31.4 Å². The van der Waals surface area contributed by atoms with Gasteiger partial charge in [0.15, 0.2) is 5.82 Å². The lowest BCUT2D eigenvalue weighted by Crippen LogP contribution is -2.29. The Morgan fingerprint density at radius 3 is 2.65 bits per heavy atom. The average Bonchev–Trinajstić information content (AvgIpc) is 2.98. The van der Waals surface area contributed by atoms with Crippen LogP contribution >= 0.6 is 0 Å². The minimum Gasteiger partial charge on any atom is -0.496 e. The fraction of sp³-hybridized carbons (Fsp3) is 0.382. The summed E-state index contributed by atoms with van der Waals surface area (Å²) in [6.07, 6.45) is 9.68. The van der Waals surface area contributed by atoms with Crippen molar-refractivity contribution in [2.75, 3.05) is 30.8 Å². The van der Waals surface area contributed by atoms with Gasteiger partial charge in [-0.3, -0.25) is 9.59 Å². The number of methoxy groups -OCH3 is 1. The summed E-state index contributed by atoms with van der Waals surface area (Å²) in [7, 11) is 3.20. The predicted octanol–water partition coefficient (Wildman–Crippen LogP) is 5.55. The van der Waals surface area contributed by atoms with Crippen molar-refractivity contribution < 1.29 is 9.53 Å². The maximum atomic E-state index is 13.1. The summed E-state index contributed by atoms with van der Waals surface area (Å²) in [6, 6.07) is 11.3. The van der Waals surface area contributed by atoms with E-state index in [4.69, 9.17) is 15.5 Å². The van der Waals surface area contributed by atoms with Crippen LogP contribution in [0.4, 0.5) is 17.2 Å². The third-order valence-corrected chi connectivity index (χ3v) is 7.84. The van der Waals surface area contributed by atoms with E-state index in [9.17, 15) is 9.59 Å². The summed E-state index contributed by atoms with van der Waals surface area (Å²) in [5, 5.41) is 9.58.